The zero-order chi connectivity index (χ0) is 37.3. The van der Waals surface area contributed by atoms with Gasteiger partial charge in [0.05, 0.1) is 57.2 Å². The molecular formula is C40H49N4O8+. The third-order valence-electron chi connectivity index (χ3n) is 9.89. The first-order valence-electron chi connectivity index (χ1n) is 18.0. The van der Waals surface area contributed by atoms with E-state index in [9.17, 15) is 24.0 Å². The predicted octanol–water partition coefficient (Wildman–Crippen LogP) is 5.38. The highest BCUT2D eigenvalue weighted by Crippen LogP contribution is 2.29. The molecule has 5 rings (SSSR count). The van der Waals surface area contributed by atoms with Gasteiger partial charge in [-0.1, -0.05) is 60.7 Å². The normalized spacial score (nSPS) is 16.2. The Morgan fingerprint density at radius 1 is 0.769 bits per heavy atom. The third-order valence-corrected chi connectivity index (χ3v) is 9.89. The summed E-state index contributed by atoms with van der Waals surface area (Å²) in [5.74, 6) is -1.49. The van der Waals surface area contributed by atoms with Crippen LogP contribution >= 0.6 is 0 Å². The number of quaternary nitrogens is 1. The van der Waals surface area contributed by atoms with Crippen LogP contribution in [0.25, 0.3) is 11.1 Å². The molecule has 12 nitrogen and oxygen atoms in total. The number of likely N-dealkylation sites (tertiary alicyclic amines) is 1. The minimum Gasteiger partial charge on any atom is -0.465 e. The Morgan fingerprint density at radius 2 is 1.33 bits per heavy atom. The number of carbonyl (C=O) groups is 5. The van der Waals surface area contributed by atoms with E-state index in [4.69, 9.17) is 14.2 Å². The topological polar surface area (TPSA) is 132 Å². The van der Waals surface area contributed by atoms with Gasteiger partial charge in [-0.2, -0.15) is 0 Å². The van der Waals surface area contributed by atoms with Crippen molar-refractivity contribution in [3.05, 3.63) is 90.0 Å². The Labute approximate surface area is 305 Å². The molecule has 2 aliphatic heterocycles. The number of nitrogens with one attached hydrogen (secondary N) is 1. The summed E-state index contributed by atoms with van der Waals surface area (Å²) in [5, 5.41) is 2.90. The van der Waals surface area contributed by atoms with Crippen LogP contribution in [0.15, 0.2) is 78.9 Å². The molecule has 2 aliphatic rings. The fourth-order valence-electron chi connectivity index (χ4n) is 7.01. The summed E-state index contributed by atoms with van der Waals surface area (Å²) in [5.41, 5.74) is 3.27. The molecule has 2 heterocycles. The van der Waals surface area contributed by atoms with E-state index in [2.05, 4.69) is 5.32 Å². The number of esters is 2. The van der Waals surface area contributed by atoms with Crippen molar-refractivity contribution in [2.24, 2.45) is 0 Å². The van der Waals surface area contributed by atoms with E-state index in [-0.39, 0.29) is 48.1 Å². The number of rotatable bonds is 15. The first-order valence-corrected chi connectivity index (χ1v) is 18.0. The monoisotopic (exact) mass is 713 g/mol. The smallest absolute Gasteiger partial charge is 0.411 e. The van der Waals surface area contributed by atoms with Gasteiger partial charge in [0.1, 0.15) is 12.1 Å². The van der Waals surface area contributed by atoms with Crippen molar-refractivity contribution in [2.45, 2.75) is 57.7 Å². The summed E-state index contributed by atoms with van der Waals surface area (Å²) in [6, 6.07) is 22.8. The Balaban J connectivity index is 1.20. The first kappa shape index (κ1) is 38.2. The fraction of sp³-hybridized carbons (Fsp3) is 0.425. The largest absolute Gasteiger partial charge is 0.465 e. The van der Waals surface area contributed by atoms with Gasteiger partial charge in [-0.3, -0.25) is 29.5 Å². The number of nitrogens with zero attached hydrogens (tertiary/aromatic N) is 3. The predicted molar refractivity (Wildman–Crippen MR) is 195 cm³/mol. The lowest BCUT2D eigenvalue weighted by atomic mass is 9.99. The number of likely N-dealkylation sites (N-methyl/N-ethyl adjacent to an activating group) is 1. The molecule has 0 saturated carbocycles. The van der Waals surface area contributed by atoms with Crippen molar-refractivity contribution in [2.75, 3.05) is 58.8 Å². The zero-order valence-corrected chi connectivity index (χ0v) is 30.4. The average Bonchev–Trinajstić information content (AvgIpc) is 3.38. The number of amides is 3. The minimum atomic E-state index is -0.671. The lowest BCUT2D eigenvalue weighted by Crippen LogP contribution is -2.57. The lowest BCUT2D eigenvalue weighted by Gasteiger charge is -2.39. The van der Waals surface area contributed by atoms with E-state index in [0.717, 1.165) is 11.1 Å². The average molecular weight is 714 g/mol. The third kappa shape index (κ3) is 9.04. The van der Waals surface area contributed by atoms with E-state index >= 15 is 0 Å². The van der Waals surface area contributed by atoms with Crippen LogP contribution in [0.5, 0.6) is 0 Å². The highest BCUT2D eigenvalue weighted by Gasteiger charge is 2.42. The number of anilines is 1. The number of imide groups is 1. The Morgan fingerprint density at radius 3 is 1.94 bits per heavy atom. The summed E-state index contributed by atoms with van der Waals surface area (Å²) in [6.07, 6.45) is 0.783. The maximum absolute atomic E-state index is 13.4. The van der Waals surface area contributed by atoms with Crippen LogP contribution in [0.1, 0.15) is 60.2 Å². The molecular weight excluding hydrogens is 664 g/mol. The van der Waals surface area contributed by atoms with Crippen molar-refractivity contribution in [3.63, 3.8) is 0 Å². The molecule has 2 atom stereocenters. The molecule has 12 heteroatoms. The summed E-state index contributed by atoms with van der Waals surface area (Å²) in [7, 11) is 3.73. The van der Waals surface area contributed by atoms with Crippen LogP contribution in [0.2, 0.25) is 0 Å². The van der Waals surface area contributed by atoms with Gasteiger partial charge >= 0.3 is 18.0 Å². The SMILES string of the molecule is CCOC(=O)C(CCC(C(=O)OCC)[N+](C)(C)CCN1C(=O)c2ccccc2C1=O)N1CCC(OC(=O)Nc2ccccc2-c2ccccc2)CC1. The van der Waals surface area contributed by atoms with Crippen LogP contribution in [0, 0.1) is 0 Å². The van der Waals surface area contributed by atoms with Crippen molar-refractivity contribution >= 4 is 35.5 Å². The van der Waals surface area contributed by atoms with E-state index in [1.165, 1.54) is 4.90 Å². The highest BCUT2D eigenvalue weighted by atomic mass is 16.6. The summed E-state index contributed by atoms with van der Waals surface area (Å²) in [4.78, 5) is 69.0. The maximum atomic E-state index is 13.4. The fourth-order valence-corrected chi connectivity index (χ4v) is 7.01. The highest BCUT2D eigenvalue weighted by molar-refractivity contribution is 6.21. The van der Waals surface area contributed by atoms with E-state index < -0.39 is 24.1 Å². The molecule has 0 aromatic heterocycles. The number of piperidine rings is 1. The Kier molecular flexibility index (Phi) is 12.8. The van der Waals surface area contributed by atoms with Gasteiger partial charge in [-0.15, -0.1) is 0 Å². The number of ether oxygens (including phenoxy) is 3. The van der Waals surface area contributed by atoms with Crippen LogP contribution < -0.4 is 5.32 Å². The Bertz CT molecular complexity index is 1700. The second-order valence-corrected chi connectivity index (χ2v) is 13.6. The molecule has 0 aliphatic carbocycles. The first-order chi connectivity index (χ1) is 25.0. The standard InChI is InChI=1S/C40H48N4O8/c1-5-50-38(47)34(42-24-22-29(23-25-42)52-40(49)41-33-19-13-12-16-30(33)28-14-8-7-9-15-28)20-21-35(39(48)51-6-2)44(3,4)27-26-43-36(45)31-17-10-11-18-32(31)37(43)46/h7-19,29,34-35H,5-6,20-27H2,1-4H3/p+1. The van der Waals surface area contributed by atoms with Crippen molar-refractivity contribution in [3.8, 4) is 11.1 Å². The van der Waals surface area contributed by atoms with Crippen LogP contribution in [-0.2, 0) is 23.8 Å². The van der Waals surface area contributed by atoms with Gasteiger partial charge in [-0.05, 0) is 56.9 Å². The molecule has 276 valence electrons. The zero-order valence-electron chi connectivity index (χ0n) is 30.4. The van der Waals surface area contributed by atoms with Crippen molar-refractivity contribution < 1.29 is 42.7 Å². The molecule has 3 aromatic rings. The Hall–Kier alpha value is -5.07. The summed E-state index contributed by atoms with van der Waals surface area (Å²) in [6.45, 7) is 5.30. The van der Waals surface area contributed by atoms with Crippen LogP contribution in [0.3, 0.4) is 0 Å². The summed E-state index contributed by atoms with van der Waals surface area (Å²) < 4.78 is 16.9. The van der Waals surface area contributed by atoms with E-state index in [0.29, 0.717) is 62.1 Å². The van der Waals surface area contributed by atoms with E-state index in [1.54, 1.807) is 38.1 Å². The molecule has 52 heavy (non-hydrogen) atoms. The summed E-state index contributed by atoms with van der Waals surface area (Å²) >= 11 is 0. The number of hydrogen-bond acceptors (Lipinski definition) is 9. The van der Waals surface area contributed by atoms with Crippen LogP contribution in [-0.4, -0.2) is 116 Å². The number of para-hydroxylation sites is 1. The minimum absolute atomic E-state index is 0.121. The van der Waals surface area contributed by atoms with Crippen molar-refractivity contribution in [1.82, 2.24) is 9.80 Å². The molecule has 0 spiro atoms. The molecule has 3 aromatic carbocycles. The second kappa shape index (κ2) is 17.4. The molecule has 1 saturated heterocycles. The van der Waals surface area contributed by atoms with Gasteiger partial charge in [0.15, 0.2) is 6.04 Å². The van der Waals surface area contributed by atoms with Gasteiger partial charge in [-0.25, -0.2) is 9.59 Å². The molecule has 0 radical (unpaired) electrons. The number of fused-ring (bicyclic) bond motifs is 1. The van der Waals surface area contributed by atoms with Gasteiger partial charge in [0, 0.05) is 25.1 Å². The van der Waals surface area contributed by atoms with Gasteiger partial charge in [0.2, 0.25) is 0 Å². The van der Waals surface area contributed by atoms with Crippen molar-refractivity contribution in [1.29, 1.82) is 0 Å². The number of hydrogen-bond donors (Lipinski definition) is 1. The molecule has 0 bridgehead atoms. The quantitative estimate of drug-likeness (QED) is 0.0955. The lowest BCUT2D eigenvalue weighted by molar-refractivity contribution is -0.906. The van der Waals surface area contributed by atoms with Gasteiger partial charge in [0.25, 0.3) is 11.8 Å². The van der Waals surface area contributed by atoms with Crippen LogP contribution in [0.4, 0.5) is 10.5 Å². The number of carbonyl (C=O) groups excluding carboxylic acids is 5. The van der Waals surface area contributed by atoms with Gasteiger partial charge < -0.3 is 18.7 Å². The molecule has 1 fully saturated rings. The molecule has 1 N–H and O–H groups in total. The van der Waals surface area contributed by atoms with E-state index in [1.807, 2.05) is 73.6 Å². The molecule has 2 unspecified atom stereocenters. The molecule has 3 amide bonds. The number of benzene rings is 3. The maximum Gasteiger partial charge on any atom is 0.411 e. The second-order valence-electron chi connectivity index (χ2n) is 13.6.